The van der Waals surface area contributed by atoms with Gasteiger partial charge in [-0.25, -0.2) is 0 Å². The van der Waals surface area contributed by atoms with Crippen molar-refractivity contribution in [2.45, 2.75) is 12.6 Å². The van der Waals surface area contributed by atoms with E-state index in [9.17, 15) is 18.0 Å². The van der Waals surface area contributed by atoms with Gasteiger partial charge in [0.15, 0.2) is 0 Å². The predicted octanol–water partition coefficient (Wildman–Crippen LogP) is 2.21. The third-order valence-electron chi connectivity index (χ3n) is 4.11. The van der Waals surface area contributed by atoms with Crippen LogP contribution in [0.3, 0.4) is 0 Å². The van der Waals surface area contributed by atoms with Crippen molar-refractivity contribution in [3.05, 3.63) is 35.7 Å². The standard InChI is InChI=1S/C17H19F3N4O3/c18-17(19,20)13-4-1-3-12(11-13)14-22-16(27-23-14)15(25)21-5-2-6-24-7-9-26-10-8-24/h1,3-4,11H,2,5-10H2,(H,21,25). The Hall–Kier alpha value is -2.46. The van der Waals surface area contributed by atoms with Crippen molar-refractivity contribution >= 4 is 5.91 Å². The van der Waals surface area contributed by atoms with E-state index in [1.807, 2.05) is 0 Å². The summed E-state index contributed by atoms with van der Waals surface area (Å²) in [5, 5.41) is 6.26. The topological polar surface area (TPSA) is 80.5 Å². The lowest BCUT2D eigenvalue weighted by molar-refractivity contribution is -0.137. The number of hydrogen-bond acceptors (Lipinski definition) is 6. The minimum absolute atomic E-state index is 0.0698. The van der Waals surface area contributed by atoms with Crippen LogP contribution in [0.5, 0.6) is 0 Å². The number of halogens is 3. The average Bonchev–Trinajstić information content (AvgIpc) is 3.16. The number of benzene rings is 1. The van der Waals surface area contributed by atoms with Gasteiger partial charge in [-0.15, -0.1) is 0 Å². The quantitative estimate of drug-likeness (QED) is 0.770. The smallest absolute Gasteiger partial charge is 0.379 e. The fourth-order valence-corrected chi connectivity index (χ4v) is 2.67. The summed E-state index contributed by atoms with van der Waals surface area (Å²) in [7, 11) is 0. The predicted molar refractivity (Wildman–Crippen MR) is 88.9 cm³/mol. The number of alkyl halides is 3. The molecule has 0 atom stereocenters. The molecule has 146 valence electrons. The van der Waals surface area contributed by atoms with Crippen molar-refractivity contribution in [2.75, 3.05) is 39.4 Å². The maximum atomic E-state index is 12.8. The van der Waals surface area contributed by atoms with Crippen LogP contribution in [0.4, 0.5) is 13.2 Å². The Labute approximate surface area is 153 Å². The van der Waals surface area contributed by atoms with Crippen LogP contribution in [0.25, 0.3) is 11.4 Å². The van der Waals surface area contributed by atoms with Crippen LogP contribution in [-0.4, -0.2) is 60.3 Å². The molecule has 1 aromatic heterocycles. The first-order valence-corrected chi connectivity index (χ1v) is 8.53. The number of carbonyl (C=O) groups excluding carboxylic acids is 1. The second-order valence-corrected chi connectivity index (χ2v) is 6.07. The van der Waals surface area contributed by atoms with Crippen LogP contribution >= 0.6 is 0 Å². The zero-order valence-corrected chi connectivity index (χ0v) is 14.5. The van der Waals surface area contributed by atoms with Gasteiger partial charge in [0.25, 0.3) is 0 Å². The number of ether oxygens (including phenoxy) is 1. The molecule has 0 aliphatic carbocycles. The van der Waals surface area contributed by atoms with Crippen LogP contribution in [0.1, 0.15) is 22.7 Å². The van der Waals surface area contributed by atoms with E-state index in [0.717, 1.165) is 38.2 Å². The summed E-state index contributed by atoms with van der Waals surface area (Å²) in [6.07, 6.45) is -3.72. The van der Waals surface area contributed by atoms with Gasteiger partial charge in [-0.2, -0.15) is 18.2 Å². The Balaban J connectivity index is 1.53. The van der Waals surface area contributed by atoms with Crippen LogP contribution in [0, 0.1) is 0 Å². The van der Waals surface area contributed by atoms with Crippen molar-refractivity contribution < 1.29 is 27.2 Å². The molecule has 1 aliphatic heterocycles. The first-order valence-electron chi connectivity index (χ1n) is 8.53. The molecule has 10 heteroatoms. The van der Waals surface area contributed by atoms with E-state index >= 15 is 0 Å². The monoisotopic (exact) mass is 384 g/mol. The second-order valence-electron chi connectivity index (χ2n) is 6.07. The summed E-state index contributed by atoms with van der Waals surface area (Å²) in [5.41, 5.74) is -0.696. The fraction of sp³-hybridized carbons (Fsp3) is 0.471. The molecular formula is C17H19F3N4O3. The summed E-state index contributed by atoms with van der Waals surface area (Å²) >= 11 is 0. The highest BCUT2D eigenvalue weighted by atomic mass is 19.4. The van der Waals surface area contributed by atoms with E-state index in [-0.39, 0.29) is 17.3 Å². The first-order chi connectivity index (χ1) is 12.9. The lowest BCUT2D eigenvalue weighted by Crippen LogP contribution is -2.38. The van der Waals surface area contributed by atoms with E-state index < -0.39 is 17.6 Å². The van der Waals surface area contributed by atoms with Crippen LogP contribution < -0.4 is 5.32 Å². The minimum atomic E-state index is -4.47. The third kappa shape index (κ3) is 5.27. The molecule has 0 radical (unpaired) electrons. The van der Waals surface area contributed by atoms with Crippen molar-refractivity contribution in [3.8, 4) is 11.4 Å². The number of amides is 1. The van der Waals surface area contributed by atoms with Crippen molar-refractivity contribution in [2.24, 2.45) is 0 Å². The Morgan fingerprint density at radius 2 is 2.04 bits per heavy atom. The summed E-state index contributed by atoms with van der Waals surface area (Å²) in [5.74, 6) is -0.906. The second kappa shape index (κ2) is 8.49. The average molecular weight is 384 g/mol. The maximum Gasteiger partial charge on any atom is 0.416 e. The van der Waals surface area contributed by atoms with Gasteiger partial charge in [0.05, 0.1) is 18.8 Å². The zero-order valence-electron chi connectivity index (χ0n) is 14.5. The minimum Gasteiger partial charge on any atom is -0.379 e. The molecule has 7 nitrogen and oxygen atoms in total. The van der Waals surface area contributed by atoms with Crippen LogP contribution in [0.15, 0.2) is 28.8 Å². The summed E-state index contributed by atoms with van der Waals surface area (Å²) in [6, 6.07) is 4.53. The third-order valence-corrected chi connectivity index (χ3v) is 4.11. The normalized spacial score (nSPS) is 15.7. The molecule has 0 bridgehead atoms. The molecule has 2 aromatic rings. The molecule has 1 amide bonds. The van der Waals surface area contributed by atoms with Gasteiger partial charge in [0, 0.05) is 25.2 Å². The zero-order chi connectivity index (χ0) is 19.3. The number of hydrogen-bond donors (Lipinski definition) is 1. The highest BCUT2D eigenvalue weighted by molar-refractivity contribution is 5.89. The largest absolute Gasteiger partial charge is 0.416 e. The van der Waals surface area contributed by atoms with Crippen molar-refractivity contribution in [1.29, 1.82) is 0 Å². The van der Waals surface area contributed by atoms with Gasteiger partial charge < -0.3 is 14.6 Å². The van der Waals surface area contributed by atoms with E-state index in [4.69, 9.17) is 9.26 Å². The van der Waals surface area contributed by atoms with E-state index in [2.05, 4.69) is 20.4 Å². The van der Waals surface area contributed by atoms with Gasteiger partial charge in [0.2, 0.25) is 5.82 Å². The molecule has 1 N–H and O–H groups in total. The van der Waals surface area contributed by atoms with Crippen molar-refractivity contribution in [1.82, 2.24) is 20.4 Å². The molecule has 1 aromatic carbocycles. The number of carbonyl (C=O) groups is 1. The summed E-state index contributed by atoms with van der Waals surface area (Å²) in [4.78, 5) is 18.2. The number of nitrogens with one attached hydrogen (secondary N) is 1. The molecule has 27 heavy (non-hydrogen) atoms. The van der Waals surface area contributed by atoms with Crippen LogP contribution in [0.2, 0.25) is 0 Å². The highest BCUT2D eigenvalue weighted by Gasteiger charge is 2.31. The van der Waals surface area contributed by atoms with Gasteiger partial charge in [-0.05, 0) is 25.1 Å². The molecule has 0 saturated carbocycles. The molecule has 0 spiro atoms. The van der Waals surface area contributed by atoms with Crippen molar-refractivity contribution in [3.63, 3.8) is 0 Å². The number of rotatable bonds is 6. The summed E-state index contributed by atoms with van der Waals surface area (Å²) < 4.78 is 48.5. The molecule has 1 fully saturated rings. The number of nitrogens with zero attached hydrogens (tertiary/aromatic N) is 3. The number of aromatic nitrogens is 2. The highest BCUT2D eigenvalue weighted by Crippen LogP contribution is 2.31. The van der Waals surface area contributed by atoms with Gasteiger partial charge in [-0.1, -0.05) is 17.3 Å². The maximum absolute atomic E-state index is 12.8. The van der Waals surface area contributed by atoms with Gasteiger partial charge >= 0.3 is 18.0 Å². The fourth-order valence-electron chi connectivity index (χ4n) is 2.67. The first kappa shape index (κ1) is 19.3. The molecule has 0 unspecified atom stereocenters. The Morgan fingerprint density at radius 3 is 2.78 bits per heavy atom. The Kier molecular flexibility index (Phi) is 6.07. The lowest BCUT2D eigenvalue weighted by atomic mass is 10.1. The molecule has 1 aliphatic rings. The molecule has 1 saturated heterocycles. The van der Waals surface area contributed by atoms with E-state index in [1.165, 1.54) is 12.1 Å². The SMILES string of the molecule is O=C(NCCCN1CCOCC1)c1nc(-c2cccc(C(F)(F)F)c2)no1. The van der Waals surface area contributed by atoms with E-state index in [1.54, 1.807) is 0 Å². The number of morpholine rings is 1. The molecular weight excluding hydrogens is 365 g/mol. The summed E-state index contributed by atoms with van der Waals surface area (Å²) in [6.45, 7) is 4.44. The van der Waals surface area contributed by atoms with Crippen LogP contribution in [-0.2, 0) is 10.9 Å². The molecule has 3 rings (SSSR count). The van der Waals surface area contributed by atoms with Gasteiger partial charge in [0.1, 0.15) is 0 Å². The van der Waals surface area contributed by atoms with E-state index in [0.29, 0.717) is 19.8 Å². The lowest BCUT2D eigenvalue weighted by Gasteiger charge is -2.26. The van der Waals surface area contributed by atoms with Gasteiger partial charge in [-0.3, -0.25) is 9.69 Å². The Morgan fingerprint density at radius 1 is 1.26 bits per heavy atom. The Bertz CT molecular complexity index is 773. The molecule has 2 heterocycles.